The predicted molar refractivity (Wildman–Crippen MR) is 79.1 cm³/mol. The summed E-state index contributed by atoms with van der Waals surface area (Å²) in [6.45, 7) is 1.84. The normalized spacial score (nSPS) is 18.6. The van der Waals surface area contributed by atoms with Crippen LogP contribution in [0.5, 0.6) is 0 Å². The fourth-order valence-electron chi connectivity index (χ4n) is 2.87. The van der Waals surface area contributed by atoms with Gasteiger partial charge in [-0.1, -0.05) is 18.2 Å². The van der Waals surface area contributed by atoms with E-state index < -0.39 is 0 Å². The molecule has 0 aliphatic carbocycles. The van der Waals surface area contributed by atoms with E-state index in [1.54, 1.807) is 7.11 Å². The molecule has 1 fully saturated rings. The first-order valence-electron chi connectivity index (χ1n) is 7.23. The number of nitrogens with one attached hydrogen (secondary N) is 1. The van der Waals surface area contributed by atoms with Crippen LogP contribution < -0.4 is 5.32 Å². The Balaban J connectivity index is 1.94. The second-order valence-electron chi connectivity index (χ2n) is 5.21. The average Bonchev–Trinajstić information content (AvgIpc) is 3.15. The number of imidazole rings is 1. The molecule has 2 heterocycles. The van der Waals surface area contributed by atoms with Gasteiger partial charge in [-0.05, 0) is 37.4 Å². The van der Waals surface area contributed by atoms with Crippen molar-refractivity contribution >= 4 is 0 Å². The minimum absolute atomic E-state index is 0.424. The van der Waals surface area contributed by atoms with Gasteiger partial charge in [0.05, 0.1) is 30.5 Å². The van der Waals surface area contributed by atoms with Gasteiger partial charge in [0.15, 0.2) is 0 Å². The Morgan fingerprint density at radius 1 is 1.40 bits per heavy atom. The highest BCUT2D eigenvalue weighted by molar-refractivity contribution is 5.43. The lowest BCUT2D eigenvalue weighted by molar-refractivity contribution is 0.202. The number of benzene rings is 1. The Morgan fingerprint density at radius 3 is 3.10 bits per heavy atom. The molecule has 1 aromatic heterocycles. The van der Waals surface area contributed by atoms with E-state index in [1.165, 1.54) is 29.8 Å². The highest BCUT2D eigenvalue weighted by Gasteiger charge is 2.20. The Kier molecular flexibility index (Phi) is 4.14. The van der Waals surface area contributed by atoms with Crippen molar-refractivity contribution < 1.29 is 4.74 Å². The van der Waals surface area contributed by atoms with Crippen molar-refractivity contribution in [3.63, 3.8) is 0 Å². The maximum atomic E-state index is 5.21. The van der Waals surface area contributed by atoms with Gasteiger partial charge in [0, 0.05) is 13.2 Å². The molecule has 3 rings (SSSR count). The summed E-state index contributed by atoms with van der Waals surface area (Å²) < 4.78 is 7.43. The molecule has 4 nitrogen and oxygen atoms in total. The van der Waals surface area contributed by atoms with Crippen molar-refractivity contribution in [3.05, 3.63) is 48.0 Å². The van der Waals surface area contributed by atoms with Gasteiger partial charge in [-0.15, -0.1) is 0 Å². The first-order valence-corrected chi connectivity index (χ1v) is 7.23. The number of methoxy groups -OCH3 is 1. The number of para-hydroxylation sites is 1. The van der Waals surface area contributed by atoms with Gasteiger partial charge in [0.25, 0.3) is 0 Å². The zero-order valence-electron chi connectivity index (χ0n) is 11.9. The standard InChI is InChI=1S/C16H21N3O/c1-20-10-8-13-5-2-3-7-15(13)19-12-17-11-16(19)14-6-4-9-18-14/h2-3,5,7,11-12,14,18H,4,6,8-10H2,1H3. The van der Waals surface area contributed by atoms with Crippen LogP contribution in [0.3, 0.4) is 0 Å². The SMILES string of the molecule is COCCc1ccccc1-n1cncc1C1CCCN1. The second-order valence-corrected chi connectivity index (χ2v) is 5.21. The van der Waals surface area contributed by atoms with Crippen LogP contribution in [0, 0.1) is 0 Å². The quantitative estimate of drug-likeness (QED) is 0.908. The Morgan fingerprint density at radius 2 is 2.30 bits per heavy atom. The summed E-state index contributed by atoms with van der Waals surface area (Å²) in [6, 6.07) is 8.91. The molecule has 1 aliphatic heterocycles. The van der Waals surface area contributed by atoms with Gasteiger partial charge in [0.1, 0.15) is 0 Å². The lowest BCUT2D eigenvalue weighted by Crippen LogP contribution is -2.16. The highest BCUT2D eigenvalue weighted by Crippen LogP contribution is 2.26. The minimum Gasteiger partial charge on any atom is -0.384 e. The molecule has 0 spiro atoms. The van der Waals surface area contributed by atoms with Gasteiger partial charge >= 0.3 is 0 Å². The van der Waals surface area contributed by atoms with Gasteiger partial charge in [0.2, 0.25) is 0 Å². The number of hydrogen-bond donors (Lipinski definition) is 1. The second kappa shape index (κ2) is 6.20. The molecule has 1 aromatic carbocycles. The Bertz CT molecular complexity index is 558. The van der Waals surface area contributed by atoms with Gasteiger partial charge < -0.3 is 14.6 Å². The summed E-state index contributed by atoms with van der Waals surface area (Å²) in [5, 5.41) is 3.55. The van der Waals surface area contributed by atoms with E-state index in [2.05, 4.69) is 39.1 Å². The largest absolute Gasteiger partial charge is 0.384 e. The molecule has 0 amide bonds. The van der Waals surface area contributed by atoms with Crippen LogP contribution in [0.25, 0.3) is 5.69 Å². The van der Waals surface area contributed by atoms with E-state index in [-0.39, 0.29) is 0 Å². The van der Waals surface area contributed by atoms with E-state index in [9.17, 15) is 0 Å². The van der Waals surface area contributed by atoms with Crippen molar-refractivity contribution in [3.8, 4) is 5.69 Å². The zero-order chi connectivity index (χ0) is 13.8. The molecule has 1 saturated heterocycles. The minimum atomic E-state index is 0.424. The molecule has 4 heteroatoms. The molecular weight excluding hydrogens is 250 g/mol. The fraction of sp³-hybridized carbons (Fsp3) is 0.438. The molecule has 1 N–H and O–H groups in total. The summed E-state index contributed by atoms with van der Waals surface area (Å²) in [6.07, 6.45) is 7.24. The first-order chi connectivity index (χ1) is 9.90. The number of hydrogen-bond acceptors (Lipinski definition) is 3. The fourth-order valence-corrected chi connectivity index (χ4v) is 2.87. The monoisotopic (exact) mass is 271 g/mol. The molecule has 1 unspecified atom stereocenters. The van der Waals surface area contributed by atoms with Crippen LogP contribution >= 0.6 is 0 Å². The van der Waals surface area contributed by atoms with Crippen LogP contribution in [-0.2, 0) is 11.2 Å². The summed E-state index contributed by atoms with van der Waals surface area (Å²) in [5.74, 6) is 0. The summed E-state index contributed by atoms with van der Waals surface area (Å²) >= 11 is 0. The molecule has 20 heavy (non-hydrogen) atoms. The van der Waals surface area contributed by atoms with E-state index in [0.717, 1.165) is 19.6 Å². The van der Waals surface area contributed by atoms with Crippen molar-refractivity contribution in [2.24, 2.45) is 0 Å². The molecule has 0 radical (unpaired) electrons. The van der Waals surface area contributed by atoms with Crippen LogP contribution in [0.4, 0.5) is 0 Å². The number of ether oxygens (including phenoxy) is 1. The van der Waals surface area contributed by atoms with Crippen LogP contribution in [0.1, 0.15) is 30.1 Å². The highest BCUT2D eigenvalue weighted by atomic mass is 16.5. The maximum Gasteiger partial charge on any atom is 0.0994 e. The Labute approximate surface area is 119 Å². The predicted octanol–water partition coefficient (Wildman–Crippen LogP) is 2.49. The Hall–Kier alpha value is -1.65. The maximum absolute atomic E-state index is 5.21. The molecule has 1 atom stereocenters. The lowest BCUT2D eigenvalue weighted by atomic mass is 10.1. The van der Waals surface area contributed by atoms with Crippen LogP contribution in [-0.4, -0.2) is 29.8 Å². The summed E-state index contributed by atoms with van der Waals surface area (Å²) in [7, 11) is 1.74. The van der Waals surface area contributed by atoms with Crippen LogP contribution in [0.15, 0.2) is 36.8 Å². The lowest BCUT2D eigenvalue weighted by Gasteiger charge is -2.16. The number of nitrogens with zero attached hydrogens (tertiary/aromatic N) is 2. The third-order valence-electron chi connectivity index (χ3n) is 3.91. The van der Waals surface area contributed by atoms with E-state index in [0.29, 0.717) is 6.04 Å². The topological polar surface area (TPSA) is 39.1 Å². The van der Waals surface area contributed by atoms with E-state index >= 15 is 0 Å². The molecule has 1 aliphatic rings. The van der Waals surface area contributed by atoms with Gasteiger partial charge in [-0.2, -0.15) is 0 Å². The number of rotatable bonds is 5. The van der Waals surface area contributed by atoms with Gasteiger partial charge in [-0.25, -0.2) is 4.98 Å². The third kappa shape index (κ3) is 2.62. The molecule has 106 valence electrons. The van der Waals surface area contributed by atoms with E-state index in [4.69, 9.17) is 4.74 Å². The van der Waals surface area contributed by atoms with Crippen molar-refractivity contribution in [2.45, 2.75) is 25.3 Å². The summed E-state index contributed by atoms with van der Waals surface area (Å²) in [5.41, 5.74) is 3.77. The summed E-state index contributed by atoms with van der Waals surface area (Å²) in [4.78, 5) is 4.36. The molecular formula is C16H21N3O. The molecule has 0 saturated carbocycles. The molecule has 0 bridgehead atoms. The number of aromatic nitrogens is 2. The van der Waals surface area contributed by atoms with Crippen molar-refractivity contribution in [1.82, 2.24) is 14.9 Å². The van der Waals surface area contributed by atoms with Gasteiger partial charge in [-0.3, -0.25) is 0 Å². The van der Waals surface area contributed by atoms with Crippen molar-refractivity contribution in [2.75, 3.05) is 20.3 Å². The molecule has 2 aromatic rings. The smallest absolute Gasteiger partial charge is 0.0994 e. The van der Waals surface area contributed by atoms with Crippen LogP contribution in [0.2, 0.25) is 0 Å². The van der Waals surface area contributed by atoms with Crippen molar-refractivity contribution in [1.29, 1.82) is 0 Å². The van der Waals surface area contributed by atoms with E-state index in [1.807, 2.05) is 12.5 Å². The first kappa shape index (κ1) is 13.3. The third-order valence-corrected chi connectivity index (χ3v) is 3.91. The average molecular weight is 271 g/mol. The zero-order valence-corrected chi connectivity index (χ0v) is 11.9.